The molecule has 0 saturated heterocycles. The maximum absolute atomic E-state index is 13.0. The maximum Gasteiger partial charge on any atom is 0.416 e. The molecule has 0 saturated carbocycles. The molecule has 1 heterocycles. The van der Waals surface area contributed by atoms with Crippen LogP contribution in [0.2, 0.25) is 25.7 Å². The zero-order valence-electron chi connectivity index (χ0n) is 13.7. The third kappa shape index (κ3) is 4.59. The van der Waals surface area contributed by atoms with Gasteiger partial charge >= 0.3 is 6.18 Å². The van der Waals surface area contributed by atoms with Crippen LogP contribution in [0.3, 0.4) is 0 Å². The Hall–Kier alpha value is -0.903. The van der Waals surface area contributed by atoms with Crippen molar-refractivity contribution in [2.45, 2.75) is 45.2 Å². The fraction of sp³-hybridized carbons (Fsp3) is 0.533. The fourth-order valence-corrected chi connectivity index (χ4v) is 3.41. The quantitative estimate of drug-likeness (QED) is 0.543. The molecule has 2 rings (SSSR count). The molecule has 0 spiro atoms. The van der Waals surface area contributed by atoms with Gasteiger partial charge in [0.1, 0.15) is 11.3 Å². The van der Waals surface area contributed by atoms with E-state index in [1.165, 1.54) is 4.68 Å². The Labute approximate surface area is 147 Å². The maximum atomic E-state index is 13.0. The largest absolute Gasteiger partial charge is 0.416 e. The van der Waals surface area contributed by atoms with Gasteiger partial charge in [-0.25, -0.2) is 4.68 Å². The van der Waals surface area contributed by atoms with Crippen LogP contribution in [0.5, 0.6) is 0 Å². The Morgan fingerprint density at radius 1 is 1.29 bits per heavy atom. The van der Waals surface area contributed by atoms with Crippen molar-refractivity contribution in [2.75, 3.05) is 6.61 Å². The van der Waals surface area contributed by atoms with E-state index >= 15 is 0 Å². The van der Waals surface area contributed by atoms with Crippen molar-refractivity contribution in [1.29, 1.82) is 0 Å². The second-order valence-corrected chi connectivity index (χ2v) is 13.2. The van der Waals surface area contributed by atoms with E-state index in [9.17, 15) is 18.3 Å². The topological polar surface area (TPSA) is 47.3 Å². The zero-order chi connectivity index (χ0) is 18.1. The summed E-state index contributed by atoms with van der Waals surface area (Å²) in [4.78, 5) is 0. The first-order chi connectivity index (χ1) is 11.0. The lowest BCUT2D eigenvalue weighted by molar-refractivity contribution is -0.137. The highest BCUT2D eigenvalue weighted by atomic mass is 79.9. The van der Waals surface area contributed by atoms with E-state index < -0.39 is 26.4 Å². The summed E-state index contributed by atoms with van der Waals surface area (Å²) < 4.78 is 46.4. The number of halogens is 4. The smallest absolute Gasteiger partial charge is 0.392 e. The fourth-order valence-electron chi connectivity index (χ4n) is 2.17. The molecule has 1 aromatic heterocycles. The number of rotatable bonds is 6. The summed E-state index contributed by atoms with van der Waals surface area (Å²) >= 11 is 3.29. The number of aliphatic hydroxyl groups is 1. The van der Waals surface area contributed by atoms with Crippen molar-refractivity contribution in [3.63, 3.8) is 0 Å². The lowest BCUT2D eigenvalue weighted by atomic mass is 10.1. The van der Waals surface area contributed by atoms with Gasteiger partial charge in [0.2, 0.25) is 0 Å². The van der Waals surface area contributed by atoms with Gasteiger partial charge in [-0.15, -0.1) is 14.1 Å². The number of hydrogen-bond donors (Lipinski definition) is 1. The van der Waals surface area contributed by atoms with Crippen molar-refractivity contribution < 1.29 is 23.0 Å². The average Bonchev–Trinajstić information content (AvgIpc) is 2.78. The highest BCUT2D eigenvalue weighted by molar-refractivity contribution is 9.10. The number of benzene rings is 1. The molecule has 2 aromatic rings. The van der Waals surface area contributed by atoms with Crippen LogP contribution in [-0.4, -0.2) is 29.6 Å². The van der Waals surface area contributed by atoms with Gasteiger partial charge in [-0.3, -0.25) is 0 Å². The molecule has 1 aromatic carbocycles. The third-order valence-electron chi connectivity index (χ3n) is 3.57. The van der Waals surface area contributed by atoms with E-state index in [1.54, 1.807) is 0 Å². The predicted molar refractivity (Wildman–Crippen MR) is 92.5 cm³/mol. The van der Waals surface area contributed by atoms with Gasteiger partial charge in [0, 0.05) is 17.6 Å². The number of alkyl halides is 3. The highest BCUT2D eigenvalue weighted by Gasteiger charge is 2.32. The standard InChI is InChI=1S/C15H20BrF3N2O2Si/c1-24(2,3)5-4-23-9-21-14(16)12-7-11(15(17,18)19)6-10(8-22)13(12)20-21/h6-7,22H,4-5,8-9H2,1-3H3/q-1. The van der Waals surface area contributed by atoms with Gasteiger partial charge in [-0.05, 0) is 28.1 Å². The summed E-state index contributed by atoms with van der Waals surface area (Å²) in [5, 5.41) is 13.9. The van der Waals surface area contributed by atoms with Crippen molar-refractivity contribution in [1.82, 2.24) is 9.78 Å². The molecule has 0 bridgehead atoms. The van der Waals surface area contributed by atoms with Crippen LogP contribution in [0.25, 0.3) is 10.9 Å². The zero-order valence-corrected chi connectivity index (χ0v) is 16.3. The minimum absolute atomic E-state index is 0.140. The van der Waals surface area contributed by atoms with Crippen LogP contribution in [-0.2, 0) is 24.3 Å². The Bertz CT molecular complexity index is 726. The van der Waals surface area contributed by atoms with Gasteiger partial charge in [-0.1, -0.05) is 0 Å². The number of nitrogens with zero attached hydrogens (tertiary/aromatic N) is 2. The molecule has 4 nitrogen and oxygen atoms in total. The molecule has 9 heteroatoms. The molecule has 135 valence electrons. The first-order valence-electron chi connectivity index (χ1n) is 7.47. The molecule has 0 radical (unpaired) electrons. The molecule has 0 atom stereocenters. The van der Waals surface area contributed by atoms with Gasteiger partial charge < -0.3 is 9.84 Å². The van der Waals surface area contributed by atoms with Gasteiger partial charge in [0.15, 0.2) is 0 Å². The summed E-state index contributed by atoms with van der Waals surface area (Å²) in [5.41, 5.74) is -0.327. The lowest BCUT2D eigenvalue weighted by Gasteiger charge is -2.26. The molecule has 24 heavy (non-hydrogen) atoms. The number of fused-ring (bicyclic) bond motifs is 1. The number of aromatic nitrogens is 2. The van der Waals surface area contributed by atoms with Gasteiger partial charge in [-0.2, -0.15) is 37.9 Å². The number of aliphatic hydroxyl groups excluding tert-OH is 1. The Morgan fingerprint density at radius 2 is 1.96 bits per heavy atom. The second-order valence-electron chi connectivity index (χ2n) is 6.83. The van der Waals surface area contributed by atoms with Crippen LogP contribution in [0.1, 0.15) is 11.1 Å². The van der Waals surface area contributed by atoms with Crippen molar-refractivity contribution in [3.05, 3.63) is 27.9 Å². The molecule has 0 unspecified atom stereocenters. The van der Waals surface area contributed by atoms with Crippen LogP contribution in [0.15, 0.2) is 16.7 Å². The molecule has 1 N–H and O–H groups in total. The third-order valence-corrected chi connectivity index (χ3v) is 6.11. The number of hydrogen-bond acceptors (Lipinski definition) is 3. The Morgan fingerprint density at radius 3 is 2.50 bits per heavy atom. The van der Waals surface area contributed by atoms with Crippen LogP contribution >= 0.6 is 15.9 Å². The van der Waals surface area contributed by atoms with E-state index in [1.807, 2.05) is 0 Å². The minimum atomic E-state index is -4.48. The van der Waals surface area contributed by atoms with Crippen LogP contribution in [0, 0.1) is 0 Å². The molecular formula is C15H20BrF3N2O2Si-. The number of ether oxygens (including phenoxy) is 1. The van der Waals surface area contributed by atoms with E-state index in [0.29, 0.717) is 22.1 Å². The monoisotopic (exact) mass is 424 g/mol. The van der Waals surface area contributed by atoms with Crippen molar-refractivity contribution >= 4 is 34.9 Å². The molecule has 0 fully saturated rings. The molecule has 0 aliphatic heterocycles. The lowest BCUT2D eigenvalue weighted by Crippen LogP contribution is -2.22. The average molecular weight is 425 g/mol. The summed E-state index contributed by atoms with van der Waals surface area (Å²) in [7, 11) is -1.21. The van der Waals surface area contributed by atoms with Gasteiger partial charge in [0.25, 0.3) is 0 Å². The Kier molecular flexibility index (Phi) is 5.78. The molecule has 0 aliphatic carbocycles. The van der Waals surface area contributed by atoms with Crippen molar-refractivity contribution in [2.24, 2.45) is 0 Å². The summed E-state index contributed by atoms with van der Waals surface area (Å²) in [5.74, 6) is 0. The summed E-state index contributed by atoms with van der Waals surface area (Å²) in [6, 6.07) is 2.95. The Balaban J connectivity index is 2.29. The first kappa shape index (κ1) is 19.4. The second kappa shape index (κ2) is 7.15. The summed E-state index contributed by atoms with van der Waals surface area (Å²) in [6.45, 7) is 6.92. The SMILES string of the molecule is C[Si-](C)(C)CCOCn1nc2c(CO)cc(C(F)(F)F)cc2c1Br. The minimum Gasteiger partial charge on any atom is -0.392 e. The summed E-state index contributed by atoms with van der Waals surface area (Å²) in [6.07, 6.45) is -4.48. The normalized spacial score (nSPS) is 13.0. The van der Waals surface area contributed by atoms with E-state index in [4.69, 9.17) is 4.74 Å². The highest BCUT2D eigenvalue weighted by Crippen LogP contribution is 2.35. The van der Waals surface area contributed by atoms with E-state index in [0.717, 1.165) is 18.2 Å². The van der Waals surface area contributed by atoms with Crippen LogP contribution < -0.4 is 0 Å². The molecular weight excluding hydrogens is 405 g/mol. The molecule has 0 aliphatic rings. The van der Waals surface area contributed by atoms with E-state index in [2.05, 4.69) is 40.7 Å². The van der Waals surface area contributed by atoms with Crippen LogP contribution in [0.4, 0.5) is 13.2 Å². The van der Waals surface area contributed by atoms with E-state index in [-0.39, 0.29) is 12.3 Å². The van der Waals surface area contributed by atoms with Crippen molar-refractivity contribution in [3.8, 4) is 0 Å². The first-order valence-corrected chi connectivity index (χ1v) is 12.0. The van der Waals surface area contributed by atoms with Gasteiger partial charge in [0.05, 0.1) is 17.7 Å². The predicted octanol–water partition coefficient (Wildman–Crippen LogP) is 4.62. The molecule has 0 amide bonds.